The Hall–Kier alpha value is -0.360. The highest BCUT2D eigenvalue weighted by molar-refractivity contribution is 14.1. The lowest BCUT2D eigenvalue weighted by Crippen LogP contribution is -2.33. The van der Waals surface area contributed by atoms with Crippen LogP contribution in [0.5, 0.6) is 0 Å². The maximum atomic E-state index is 13.9. The molecule has 2 nitrogen and oxygen atoms in total. The van der Waals surface area contributed by atoms with Gasteiger partial charge in [-0.1, -0.05) is 0 Å². The van der Waals surface area contributed by atoms with Crippen LogP contribution in [0, 0.1) is 15.3 Å². The molecule has 0 radical (unpaired) electrons. The number of hydrogen-bond acceptors (Lipinski definition) is 2. The maximum absolute atomic E-state index is 13.9. The van der Waals surface area contributed by atoms with Gasteiger partial charge >= 0.3 is 0 Å². The highest BCUT2D eigenvalue weighted by atomic mass is 127. The van der Waals surface area contributed by atoms with Crippen molar-refractivity contribution in [3.63, 3.8) is 0 Å². The third kappa shape index (κ3) is 3.57. The van der Waals surface area contributed by atoms with Crippen molar-refractivity contribution in [1.29, 1.82) is 0 Å². The fraction of sp³-hybridized carbons (Fsp3) is 0.571. The Labute approximate surface area is 122 Å². The first kappa shape index (κ1) is 14.1. The quantitative estimate of drug-likeness (QED) is 0.836. The smallest absolute Gasteiger partial charge is 0.147 e. The monoisotopic (exact) mass is 362 g/mol. The second kappa shape index (κ2) is 6.19. The number of halogens is 2. The Morgan fingerprint density at radius 2 is 2.00 bits per heavy atom. The molecule has 1 aliphatic carbocycles. The van der Waals surface area contributed by atoms with Gasteiger partial charge in [0.15, 0.2) is 0 Å². The Balaban J connectivity index is 1.97. The first-order chi connectivity index (χ1) is 8.56. The molecule has 0 aromatic heterocycles. The average molecular weight is 362 g/mol. The van der Waals surface area contributed by atoms with E-state index in [4.69, 9.17) is 5.73 Å². The van der Waals surface area contributed by atoms with Crippen LogP contribution in [0.4, 0.5) is 10.1 Å². The summed E-state index contributed by atoms with van der Waals surface area (Å²) in [5.41, 5.74) is 6.60. The molecule has 0 heterocycles. The molecule has 1 aliphatic rings. The van der Waals surface area contributed by atoms with E-state index in [9.17, 15) is 4.39 Å². The molecule has 0 bridgehead atoms. The number of benzene rings is 1. The summed E-state index contributed by atoms with van der Waals surface area (Å²) < 4.78 is 14.8. The van der Waals surface area contributed by atoms with Gasteiger partial charge in [-0.15, -0.1) is 0 Å². The minimum absolute atomic E-state index is 0.128. The summed E-state index contributed by atoms with van der Waals surface area (Å²) in [5, 5.41) is 0. The fourth-order valence-corrected chi connectivity index (χ4v) is 3.10. The molecular formula is C14H20FIN2. The van der Waals surface area contributed by atoms with E-state index in [-0.39, 0.29) is 5.82 Å². The van der Waals surface area contributed by atoms with Crippen LogP contribution in [0.25, 0.3) is 0 Å². The molecule has 1 fully saturated rings. The van der Waals surface area contributed by atoms with Crippen molar-refractivity contribution < 1.29 is 4.39 Å². The molecule has 0 unspecified atom stereocenters. The Kier molecular flexibility index (Phi) is 4.84. The summed E-state index contributed by atoms with van der Waals surface area (Å²) >= 11 is 2.13. The minimum atomic E-state index is -0.128. The summed E-state index contributed by atoms with van der Waals surface area (Å²) in [6.07, 6.45) is 4.54. The van der Waals surface area contributed by atoms with Crippen molar-refractivity contribution in [1.82, 2.24) is 0 Å². The van der Waals surface area contributed by atoms with Gasteiger partial charge in [-0.05, 0) is 72.4 Å². The molecule has 0 amide bonds. The van der Waals surface area contributed by atoms with E-state index < -0.39 is 0 Å². The molecule has 0 atom stereocenters. The van der Waals surface area contributed by atoms with Gasteiger partial charge in [0.2, 0.25) is 0 Å². The number of nitrogens with zero attached hydrogens (tertiary/aromatic N) is 1. The zero-order valence-corrected chi connectivity index (χ0v) is 12.9. The zero-order chi connectivity index (χ0) is 13.1. The Bertz CT molecular complexity index is 403. The second-order valence-electron chi connectivity index (χ2n) is 5.26. The molecule has 18 heavy (non-hydrogen) atoms. The number of nitrogens with two attached hydrogens (primary N) is 1. The van der Waals surface area contributed by atoms with E-state index >= 15 is 0 Å². The van der Waals surface area contributed by atoms with Gasteiger partial charge in [0.25, 0.3) is 0 Å². The predicted octanol–water partition coefficient (Wildman–Crippen LogP) is 3.38. The second-order valence-corrected chi connectivity index (χ2v) is 6.50. The number of anilines is 1. The average Bonchev–Trinajstić information content (AvgIpc) is 2.32. The first-order valence-corrected chi connectivity index (χ1v) is 7.56. The van der Waals surface area contributed by atoms with Crippen molar-refractivity contribution in [2.45, 2.75) is 31.7 Å². The van der Waals surface area contributed by atoms with Crippen molar-refractivity contribution in [3.8, 4) is 0 Å². The van der Waals surface area contributed by atoms with E-state index in [1.54, 1.807) is 6.07 Å². The molecular weight excluding hydrogens is 342 g/mol. The van der Waals surface area contributed by atoms with Crippen molar-refractivity contribution in [2.24, 2.45) is 11.7 Å². The zero-order valence-electron chi connectivity index (χ0n) is 10.7. The molecule has 2 N–H and O–H groups in total. The van der Waals surface area contributed by atoms with Gasteiger partial charge in [-0.3, -0.25) is 0 Å². The maximum Gasteiger partial charge on any atom is 0.147 e. The Morgan fingerprint density at radius 1 is 1.33 bits per heavy atom. The lowest BCUT2D eigenvalue weighted by atomic mass is 9.86. The molecule has 1 saturated carbocycles. The van der Waals surface area contributed by atoms with Crippen LogP contribution in [0.3, 0.4) is 0 Å². The van der Waals surface area contributed by atoms with Crippen LogP contribution in [0.2, 0.25) is 0 Å². The summed E-state index contributed by atoms with van der Waals surface area (Å²) in [5.74, 6) is 0.519. The van der Waals surface area contributed by atoms with Gasteiger partial charge in [0.05, 0.1) is 5.69 Å². The molecule has 0 saturated heterocycles. The third-order valence-corrected chi connectivity index (χ3v) is 4.42. The molecule has 1 aromatic rings. The van der Waals surface area contributed by atoms with Crippen LogP contribution in [-0.4, -0.2) is 19.6 Å². The first-order valence-electron chi connectivity index (χ1n) is 6.48. The van der Waals surface area contributed by atoms with Gasteiger partial charge in [-0.25, -0.2) is 4.39 Å². The van der Waals surface area contributed by atoms with Crippen LogP contribution < -0.4 is 10.6 Å². The van der Waals surface area contributed by atoms with Crippen LogP contribution >= 0.6 is 22.6 Å². The summed E-state index contributed by atoms with van der Waals surface area (Å²) in [7, 11) is 1.97. The van der Waals surface area contributed by atoms with Gasteiger partial charge in [0.1, 0.15) is 5.82 Å². The van der Waals surface area contributed by atoms with Crippen LogP contribution in [-0.2, 0) is 0 Å². The van der Waals surface area contributed by atoms with E-state index in [1.807, 2.05) is 24.1 Å². The number of rotatable bonds is 3. The molecule has 0 spiro atoms. The fourth-order valence-electron chi connectivity index (χ4n) is 2.65. The van der Waals surface area contributed by atoms with Crippen LogP contribution in [0.15, 0.2) is 18.2 Å². The van der Waals surface area contributed by atoms with Gasteiger partial charge in [0, 0.05) is 23.2 Å². The highest BCUT2D eigenvalue weighted by Crippen LogP contribution is 2.27. The standard InChI is InChI=1S/C14H20FIN2/c1-18(9-10-2-5-12(17)6-3-10)14-7-4-11(16)8-13(14)15/h4,7-8,10,12H,2-3,5-6,9,17H2,1H3/t10-,12+. The van der Waals surface area contributed by atoms with Gasteiger partial charge < -0.3 is 10.6 Å². The van der Waals surface area contributed by atoms with E-state index in [1.165, 1.54) is 0 Å². The Morgan fingerprint density at radius 3 is 2.61 bits per heavy atom. The van der Waals surface area contributed by atoms with Crippen molar-refractivity contribution in [2.75, 3.05) is 18.5 Å². The SMILES string of the molecule is CN(C[C@H]1CC[C@@H](N)CC1)c1ccc(I)cc1F. The normalized spacial score (nSPS) is 24.0. The molecule has 0 aliphatic heterocycles. The lowest BCUT2D eigenvalue weighted by molar-refractivity contribution is 0.329. The highest BCUT2D eigenvalue weighted by Gasteiger charge is 2.20. The summed E-state index contributed by atoms with van der Waals surface area (Å²) in [6.45, 7) is 0.921. The largest absolute Gasteiger partial charge is 0.372 e. The molecule has 2 rings (SSSR count). The van der Waals surface area contributed by atoms with Gasteiger partial charge in [-0.2, -0.15) is 0 Å². The topological polar surface area (TPSA) is 29.3 Å². The summed E-state index contributed by atoms with van der Waals surface area (Å²) in [6, 6.07) is 5.78. The molecule has 4 heteroatoms. The van der Waals surface area contributed by atoms with E-state index in [0.717, 1.165) is 35.8 Å². The van der Waals surface area contributed by atoms with E-state index in [2.05, 4.69) is 22.6 Å². The van der Waals surface area contributed by atoms with Crippen molar-refractivity contribution >= 4 is 28.3 Å². The predicted molar refractivity (Wildman–Crippen MR) is 82.3 cm³/mol. The summed E-state index contributed by atoms with van der Waals surface area (Å²) in [4.78, 5) is 2.03. The van der Waals surface area contributed by atoms with E-state index in [0.29, 0.717) is 17.6 Å². The number of hydrogen-bond donors (Lipinski definition) is 1. The minimum Gasteiger partial charge on any atom is -0.372 e. The molecule has 1 aromatic carbocycles. The third-order valence-electron chi connectivity index (χ3n) is 3.74. The van der Waals surface area contributed by atoms with Crippen LogP contribution in [0.1, 0.15) is 25.7 Å². The van der Waals surface area contributed by atoms with Crippen molar-refractivity contribution in [3.05, 3.63) is 27.6 Å². The molecule has 100 valence electrons. The lowest BCUT2D eigenvalue weighted by Gasteiger charge is -2.30.